The van der Waals surface area contributed by atoms with Gasteiger partial charge in [-0.1, -0.05) is 72.2 Å². The van der Waals surface area contributed by atoms with Crippen molar-refractivity contribution in [2.45, 2.75) is 23.6 Å². The number of aromatic carboxylic acids is 2. The Kier molecular flexibility index (Phi) is 13.1. The van der Waals surface area contributed by atoms with Gasteiger partial charge in [0.1, 0.15) is 26.4 Å². The van der Waals surface area contributed by atoms with Crippen LogP contribution in [0.2, 0.25) is 0 Å². The molecule has 0 aliphatic rings. The van der Waals surface area contributed by atoms with E-state index < -0.39 is 64.6 Å². The van der Waals surface area contributed by atoms with E-state index in [4.69, 9.17) is 0 Å². The molecule has 6 aromatic carbocycles. The Morgan fingerprint density at radius 2 is 1.04 bits per heavy atom. The number of carboxylic acids is 2. The minimum atomic E-state index is -4.82. The minimum Gasteiger partial charge on any atom is -0.871 e. The standard InChI is InChI=1S/2C18H14N2O6S.Ca/c2*1-10-6-7-14(15(8-10)27(24,25)26)19-20-16-12-5-3-2-4-11(12)9-13(17(16)21)18(22)23;/h2*2-9,21H,1H3,(H,22,23)(H,24,25,26);/q;;+2/p-4. The summed E-state index contributed by atoms with van der Waals surface area (Å²) in [6.45, 7) is 3.23. The number of azo groups is 2. The third-order valence-corrected chi connectivity index (χ3v) is 9.44. The van der Waals surface area contributed by atoms with Gasteiger partial charge in [-0.15, -0.1) is 10.2 Å². The maximum Gasteiger partial charge on any atom is 2.00 e. The van der Waals surface area contributed by atoms with Crippen molar-refractivity contribution in [1.82, 2.24) is 0 Å². The van der Waals surface area contributed by atoms with Crippen molar-refractivity contribution in [3.05, 3.63) is 119 Å². The van der Waals surface area contributed by atoms with Gasteiger partial charge in [-0.3, -0.25) is 4.55 Å². The number of carboxylic acid groups (broad SMARTS) is 2. The molecule has 0 spiro atoms. The van der Waals surface area contributed by atoms with E-state index in [0.717, 1.165) is 6.07 Å². The van der Waals surface area contributed by atoms with Crippen LogP contribution in [0.4, 0.5) is 22.7 Å². The smallest absolute Gasteiger partial charge is 0.871 e. The van der Waals surface area contributed by atoms with Crippen LogP contribution < -0.4 is 15.3 Å². The van der Waals surface area contributed by atoms with Crippen molar-refractivity contribution < 1.29 is 56.0 Å². The second-order valence-corrected chi connectivity index (χ2v) is 14.2. The fraction of sp³-hybridized carbons (Fsp3) is 0.0556. The van der Waals surface area contributed by atoms with Crippen LogP contribution in [0.3, 0.4) is 0 Å². The van der Waals surface area contributed by atoms with Crippen LogP contribution in [0, 0.1) is 13.8 Å². The Morgan fingerprint density at radius 3 is 1.47 bits per heavy atom. The molecule has 0 aliphatic heterocycles. The van der Waals surface area contributed by atoms with E-state index in [1.54, 1.807) is 68.4 Å². The van der Waals surface area contributed by atoms with Crippen molar-refractivity contribution in [3.63, 3.8) is 0 Å². The first-order valence-corrected chi connectivity index (χ1v) is 18.1. The molecule has 0 fully saturated rings. The van der Waals surface area contributed by atoms with Gasteiger partial charge >= 0.3 is 43.7 Å². The Bertz CT molecular complexity index is 2600. The van der Waals surface area contributed by atoms with E-state index >= 15 is 0 Å². The van der Waals surface area contributed by atoms with Crippen molar-refractivity contribution in [1.29, 1.82) is 0 Å². The largest absolute Gasteiger partial charge is 2.00 e. The van der Waals surface area contributed by atoms with E-state index in [1.807, 2.05) is 0 Å². The maximum absolute atomic E-state index is 12.5. The molecule has 0 aliphatic carbocycles. The van der Waals surface area contributed by atoms with E-state index in [0.29, 0.717) is 32.7 Å². The van der Waals surface area contributed by atoms with Crippen molar-refractivity contribution >= 4 is 114 Å². The number of aryl methyl sites for hydroxylation is 2. The molecule has 55 heavy (non-hydrogen) atoms. The van der Waals surface area contributed by atoms with Crippen molar-refractivity contribution in [3.8, 4) is 11.5 Å². The number of fused-ring (bicyclic) bond motifs is 2. The Labute approximate surface area is 342 Å². The molecule has 6 aromatic rings. The van der Waals surface area contributed by atoms with Gasteiger partial charge in [0, 0.05) is 10.8 Å². The van der Waals surface area contributed by atoms with Crippen LogP contribution in [0.1, 0.15) is 31.8 Å². The molecule has 0 amide bonds. The van der Waals surface area contributed by atoms with Crippen molar-refractivity contribution in [2.75, 3.05) is 0 Å². The predicted molar refractivity (Wildman–Crippen MR) is 192 cm³/mol. The zero-order valence-electron chi connectivity index (χ0n) is 28.5. The molecule has 0 radical (unpaired) electrons. The molecule has 0 saturated heterocycles. The second kappa shape index (κ2) is 17.0. The van der Waals surface area contributed by atoms with Crippen LogP contribution >= 0.6 is 0 Å². The number of hydrogen-bond acceptors (Lipinski definition) is 14. The molecule has 0 atom stereocenters. The summed E-state index contributed by atoms with van der Waals surface area (Å²) in [5.74, 6) is -4.84. The fourth-order valence-electron chi connectivity index (χ4n) is 5.15. The molecule has 276 valence electrons. The van der Waals surface area contributed by atoms with Gasteiger partial charge in [-0.25, -0.2) is 13.2 Å². The minimum absolute atomic E-state index is 0. The zero-order chi connectivity index (χ0) is 39.5. The fourth-order valence-corrected chi connectivity index (χ4v) is 6.55. The van der Waals surface area contributed by atoms with E-state index in [2.05, 4.69) is 20.5 Å². The molecule has 2 N–H and O–H groups in total. The molecular formula is C36H24CaN4O12S2-2. The third kappa shape index (κ3) is 9.67. The summed E-state index contributed by atoms with van der Waals surface area (Å²) in [6.07, 6.45) is 0. The van der Waals surface area contributed by atoms with Crippen LogP contribution in [-0.2, 0) is 20.2 Å². The van der Waals surface area contributed by atoms with Gasteiger partial charge in [-0.2, -0.15) is 18.6 Å². The zero-order valence-corrected chi connectivity index (χ0v) is 32.4. The molecule has 0 aromatic heterocycles. The van der Waals surface area contributed by atoms with E-state index in [-0.39, 0.29) is 60.5 Å². The van der Waals surface area contributed by atoms with Gasteiger partial charge in [0.25, 0.3) is 10.1 Å². The SMILES string of the molecule is Cc1ccc(N=Nc2c([O-])c(C(=O)O)cc3ccccc23)c(S(=O)(=O)O)c1.Cc1ccc(N=Nc2c([O-])c(C(=O)[O-])cc3ccccc23)c(S(=O)(=O)[O-])c1.[Ca+2]. The van der Waals surface area contributed by atoms with Gasteiger partial charge in [-0.05, 0) is 77.7 Å². The monoisotopic (exact) mass is 808 g/mol. The van der Waals surface area contributed by atoms with Gasteiger partial charge in [0.05, 0.1) is 27.8 Å². The molecular weight excluding hydrogens is 785 g/mol. The summed E-state index contributed by atoms with van der Waals surface area (Å²) in [5, 5.41) is 62.1. The first kappa shape index (κ1) is 42.4. The topological polar surface area (TPSA) is 285 Å². The van der Waals surface area contributed by atoms with Gasteiger partial charge in [0.2, 0.25) is 0 Å². The van der Waals surface area contributed by atoms with Crippen molar-refractivity contribution in [2.24, 2.45) is 20.5 Å². The average molecular weight is 809 g/mol. The van der Waals surface area contributed by atoms with Crippen LogP contribution in [0.25, 0.3) is 21.5 Å². The average Bonchev–Trinajstić information content (AvgIpc) is 3.10. The molecule has 0 saturated carbocycles. The molecule has 16 nitrogen and oxygen atoms in total. The summed E-state index contributed by atoms with van der Waals surface area (Å²) in [4.78, 5) is 21.5. The number of hydrogen-bond donors (Lipinski definition) is 2. The first-order chi connectivity index (χ1) is 25.4. The maximum atomic E-state index is 12.5. The Hall–Kier alpha value is -5.34. The summed E-state index contributed by atoms with van der Waals surface area (Å²) >= 11 is 0. The van der Waals surface area contributed by atoms with Crippen LogP contribution in [-0.4, -0.2) is 80.7 Å². The Morgan fingerprint density at radius 1 is 0.618 bits per heavy atom. The molecule has 6 rings (SSSR count). The molecule has 0 unspecified atom stereocenters. The number of benzene rings is 6. The predicted octanol–water partition coefficient (Wildman–Crippen LogP) is 5.11. The third-order valence-electron chi connectivity index (χ3n) is 7.69. The van der Waals surface area contributed by atoms with E-state index in [9.17, 15) is 56.0 Å². The molecule has 0 bridgehead atoms. The summed E-state index contributed by atoms with van der Waals surface area (Å²) in [5.41, 5.74) is -0.911. The normalized spacial score (nSPS) is 11.7. The summed E-state index contributed by atoms with van der Waals surface area (Å²) < 4.78 is 66.8. The first-order valence-electron chi connectivity index (χ1n) is 15.2. The van der Waals surface area contributed by atoms with E-state index in [1.165, 1.54) is 36.4 Å². The quantitative estimate of drug-likeness (QED) is 0.115. The second-order valence-electron chi connectivity index (χ2n) is 11.5. The van der Waals surface area contributed by atoms with Crippen LogP contribution in [0.5, 0.6) is 11.5 Å². The number of carbonyl (C=O) groups is 2. The Balaban J connectivity index is 0.000000240. The number of rotatable bonds is 8. The summed E-state index contributed by atoms with van der Waals surface area (Å²) in [6, 6.07) is 23.4. The summed E-state index contributed by atoms with van der Waals surface area (Å²) in [7, 11) is -9.38. The number of carbonyl (C=O) groups excluding carboxylic acids is 1. The van der Waals surface area contributed by atoms with Crippen LogP contribution in [0.15, 0.2) is 127 Å². The van der Waals surface area contributed by atoms with Gasteiger partial charge < -0.3 is 29.8 Å². The molecule has 0 heterocycles. The number of nitrogens with zero attached hydrogens (tertiary/aromatic N) is 4. The van der Waals surface area contributed by atoms with Gasteiger partial charge in [0.15, 0.2) is 0 Å². The molecule has 19 heteroatoms.